The number of nitriles is 1. The van der Waals surface area contributed by atoms with Crippen molar-refractivity contribution in [3.8, 4) is 6.07 Å². The zero-order chi connectivity index (χ0) is 13.7. The van der Waals surface area contributed by atoms with Gasteiger partial charge in [0.15, 0.2) is 5.82 Å². The number of esters is 1. The lowest BCUT2D eigenvalue weighted by Crippen LogP contribution is -2.31. The summed E-state index contributed by atoms with van der Waals surface area (Å²) in [6.45, 7) is 5.42. The third-order valence-electron chi connectivity index (χ3n) is 2.77. The average molecular weight is 248 g/mol. The summed E-state index contributed by atoms with van der Waals surface area (Å²) < 4.78 is 4.67. The predicted octanol–water partition coefficient (Wildman–Crippen LogP) is 1.33. The highest BCUT2D eigenvalue weighted by Crippen LogP contribution is 2.18. The highest BCUT2D eigenvalue weighted by atomic mass is 16.5. The number of carbonyl (C=O) groups is 1. The van der Waals surface area contributed by atoms with Crippen LogP contribution in [0.5, 0.6) is 0 Å². The molecule has 1 atom stereocenters. The van der Waals surface area contributed by atoms with Gasteiger partial charge in [0.2, 0.25) is 0 Å². The average Bonchev–Trinajstić information content (AvgIpc) is 2.39. The Labute approximate surface area is 106 Å². The molecule has 0 radical (unpaired) electrons. The number of nitrogens with one attached hydrogen (secondary N) is 1. The molecule has 18 heavy (non-hydrogen) atoms. The van der Waals surface area contributed by atoms with Crippen molar-refractivity contribution < 1.29 is 9.53 Å². The number of nitrogens with zero attached hydrogens (tertiary/aromatic N) is 3. The molecule has 0 aromatic carbocycles. The summed E-state index contributed by atoms with van der Waals surface area (Å²) in [6, 6.07) is 1.54. The molecule has 0 fully saturated rings. The molecule has 0 aliphatic heterocycles. The van der Waals surface area contributed by atoms with Gasteiger partial charge in [0.05, 0.1) is 12.8 Å². The van der Waals surface area contributed by atoms with Crippen LogP contribution in [0, 0.1) is 25.2 Å². The maximum atomic E-state index is 11.5. The first-order valence-electron chi connectivity index (χ1n) is 5.63. The van der Waals surface area contributed by atoms with Gasteiger partial charge in [0.25, 0.3) is 0 Å². The minimum Gasteiger partial charge on any atom is -0.467 e. The third-order valence-corrected chi connectivity index (χ3v) is 2.77. The van der Waals surface area contributed by atoms with Crippen molar-refractivity contribution in [1.29, 1.82) is 5.26 Å². The quantitative estimate of drug-likeness (QED) is 0.809. The Kier molecular flexibility index (Phi) is 4.60. The van der Waals surface area contributed by atoms with Gasteiger partial charge >= 0.3 is 5.97 Å². The Hall–Kier alpha value is -2.16. The maximum Gasteiger partial charge on any atom is 0.328 e. The van der Waals surface area contributed by atoms with E-state index in [-0.39, 0.29) is 5.97 Å². The van der Waals surface area contributed by atoms with Crippen LogP contribution in [0.4, 0.5) is 5.82 Å². The highest BCUT2D eigenvalue weighted by molar-refractivity contribution is 5.79. The molecular formula is C12H16N4O2. The molecule has 1 heterocycles. The molecule has 0 amide bonds. The minimum atomic E-state index is -0.529. The summed E-state index contributed by atoms with van der Waals surface area (Å²) in [6.07, 6.45) is 0.534. The lowest BCUT2D eigenvalue weighted by atomic mass is 10.1. The number of hydrogen-bond acceptors (Lipinski definition) is 6. The van der Waals surface area contributed by atoms with Crippen LogP contribution in [0.3, 0.4) is 0 Å². The van der Waals surface area contributed by atoms with Crippen LogP contribution in [-0.2, 0) is 9.53 Å². The summed E-state index contributed by atoms with van der Waals surface area (Å²) in [5, 5.41) is 19.9. The summed E-state index contributed by atoms with van der Waals surface area (Å²) >= 11 is 0. The molecule has 1 aromatic heterocycles. The topological polar surface area (TPSA) is 87.9 Å². The summed E-state index contributed by atoms with van der Waals surface area (Å²) in [7, 11) is 1.32. The second kappa shape index (κ2) is 5.96. The predicted molar refractivity (Wildman–Crippen MR) is 65.9 cm³/mol. The SMILES string of the molecule is CCC(Nc1nnc(C)c(C)c1C#N)C(=O)OC. The van der Waals surface area contributed by atoms with Crippen molar-refractivity contribution >= 4 is 11.8 Å². The van der Waals surface area contributed by atoms with E-state index in [2.05, 4.69) is 26.3 Å². The Morgan fingerprint density at radius 3 is 2.67 bits per heavy atom. The number of anilines is 1. The molecule has 1 unspecified atom stereocenters. The number of ether oxygens (including phenoxy) is 1. The minimum absolute atomic E-state index is 0.317. The van der Waals surface area contributed by atoms with Gasteiger partial charge in [0, 0.05) is 0 Å². The van der Waals surface area contributed by atoms with E-state index < -0.39 is 6.04 Å². The van der Waals surface area contributed by atoms with Crippen molar-refractivity contribution in [3.63, 3.8) is 0 Å². The number of aromatic nitrogens is 2. The molecule has 0 bridgehead atoms. The Bertz CT molecular complexity index is 494. The van der Waals surface area contributed by atoms with Gasteiger partial charge in [0.1, 0.15) is 17.7 Å². The molecule has 0 saturated heterocycles. The fourth-order valence-corrected chi connectivity index (χ4v) is 1.48. The molecule has 0 saturated carbocycles. The largest absolute Gasteiger partial charge is 0.467 e. The van der Waals surface area contributed by atoms with Gasteiger partial charge in [-0.2, -0.15) is 10.4 Å². The lowest BCUT2D eigenvalue weighted by molar-refractivity contribution is -0.141. The van der Waals surface area contributed by atoms with Gasteiger partial charge in [-0.05, 0) is 25.8 Å². The maximum absolute atomic E-state index is 11.5. The molecule has 6 nitrogen and oxygen atoms in total. The molecule has 6 heteroatoms. The standard InChI is InChI=1S/C12H16N4O2/c1-5-10(12(17)18-4)14-11-9(6-13)7(2)8(3)15-16-11/h10H,5H2,1-4H3,(H,14,16). The monoisotopic (exact) mass is 248 g/mol. The van der Waals surface area contributed by atoms with Crippen LogP contribution in [0.25, 0.3) is 0 Å². The molecule has 1 rings (SSSR count). The van der Waals surface area contributed by atoms with E-state index in [0.717, 1.165) is 5.56 Å². The van der Waals surface area contributed by atoms with E-state index >= 15 is 0 Å². The molecule has 0 aliphatic carbocycles. The summed E-state index contributed by atoms with van der Waals surface area (Å²) in [4.78, 5) is 11.5. The van der Waals surface area contributed by atoms with E-state index in [4.69, 9.17) is 5.26 Å². The second-order valence-corrected chi connectivity index (χ2v) is 3.87. The van der Waals surface area contributed by atoms with Crippen molar-refractivity contribution in [2.45, 2.75) is 33.2 Å². The molecule has 1 N–H and O–H groups in total. The van der Waals surface area contributed by atoms with Crippen molar-refractivity contribution in [2.75, 3.05) is 12.4 Å². The molecule has 1 aromatic rings. The van der Waals surface area contributed by atoms with Gasteiger partial charge in [-0.3, -0.25) is 0 Å². The lowest BCUT2D eigenvalue weighted by Gasteiger charge is -2.16. The first-order chi connectivity index (χ1) is 8.54. The normalized spacial score (nSPS) is 11.5. The molecule has 96 valence electrons. The number of hydrogen-bond donors (Lipinski definition) is 1. The van der Waals surface area contributed by atoms with Crippen molar-refractivity contribution in [2.24, 2.45) is 0 Å². The van der Waals surface area contributed by atoms with E-state index in [0.29, 0.717) is 23.5 Å². The van der Waals surface area contributed by atoms with Gasteiger partial charge in [-0.15, -0.1) is 5.10 Å². The highest BCUT2D eigenvalue weighted by Gasteiger charge is 2.20. The first kappa shape index (κ1) is 13.9. The summed E-state index contributed by atoms with van der Waals surface area (Å²) in [5.41, 5.74) is 1.86. The third kappa shape index (κ3) is 2.74. The van der Waals surface area contributed by atoms with Crippen molar-refractivity contribution in [3.05, 3.63) is 16.8 Å². The number of carbonyl (C=O) groups excluding carboxylic acids is 1. The molecule has 0 aliphatic rings. The van der Waals surface area contributed by atoms with Gasteiger partial charge in [-0.25, -0.2) is 4.79 Å². The van der Waals surface area contributed by atoms with Crippen LogP contribution in [0.15, 0.2) is 0 Å². The van der Waals surface area contributed by atoms with E-state index in [1.54, 1.807) is 13.8 Å². The van der Waals surface area contributed by atoms with Crippen LogP contribution >= 0.6 is 0 Å². The van der Waals surface area contributed by atoms with Crippen LogP contribution < -0.4 is 5.32 Å². The fourth-order valence-electron chi connectivity index (χ4n) is 1.48. The zero-order valence-electron chi connectivity index (χ0n) is 10.9. The Morgan fingerprint density at radius 1 is 1.50 bits per heavy atom. The Morgan fingerprint density at radius 2 is 2.17 bits per heavy atom. The van der Waals surface area contributed by atoms with Crippen LogP contribution in [0.1, 0.15) is 30.2 Å². The summed E-state index contributed by atoms with van der Waals surface area (Å²) in [5.74, 6) is -0.0701. The van der Waals surface area contributed by atoms with Crippen LogP contribution in [-0.4, -0.2) is 29.3 Å². The van der Waals surface area contributed by atoms with Crippen molar-refractivity contribution in [1.82, 2.24) is 10.2 Å². The number of methoxy groups -OCH3 is 1. The van der Waals surface area contributed by atoms with Gasteiger partial charge in [-0.1, -0.05) is 6.92 Å². The Balaban J connectivity index is 3.08. The fraction of sp³-hybridized carbons (Fsp3) is 0.500. The van der Waals surface area contributed by atoms with E-state index in [9.17, 15) is 4.79 Å². The number of rotatable bonds is 4. The second-order valence-electron chi connectivity index (χ2n) is 3.87. The van der Waals surface area contributed by atoms with E-state index in [1.807, 2.05) is 6.92 Å². The van der Waals surface area contributed by atoms with Gasteiger partial charge < -0.3 is 10.1 Å². The smallest absolute Gasteiger partial charge is 0.328 e. The molecular weight excluding hydrogens is 232 g/mol. The number of aryl methyl sites for hydroxylation is 1. The first-order valence-corrected chi connectivity index (χ1v) is 5.63. The zero-order valence-corrected chi connectivity index (χ0v) is 10.9. The molecule has 0 spiro atoms. The van der Waals surface area contributed by atoms with Crippen LogP contribution in [0.2, 0.25) is 0 Å². The van der Waals surface area contributed by atoms with E-state index in [1.165, 1.54) is 7.11 Å².